The number of hydrogen-bond acceptors (Lipinski definition) is 1. The Hall–Kier alpha value is -1.22. The monoisotopic (exact) mass is 185 g/mol. The van der Waals surface area contributed by atoms with E-state index in [1.807, 2.05) is 0 Å². The molecule has 0 amide bonds. The van der Waals surface area contributed by atoms with Gasteiger partial charge in [0.05, 0.1) is 0 Å². The van der Waals surface area contributed by atoms with Crippen molar-refractivity contribution < 1.29 is 8.78 Å². The van der Waals surface area contributed by atoms with Crippen LogP contribution in [0.4, 0.5) is 8.78 Å². The molecule has 0 unspecified atom stereocenters. The van der Waals surface area contributed by atoms with Gasteiger partial charge in [-0.25, -0.2) is 8.78 Å². The highest BCUT2D eigenvalue weighted by molar-refractivity contribution is 5.17. The van der Waals surface area contributed by atoms with E-state index in [9.17, 15) is 8.78 Å². The maximum atomic E-state index is 12.5. The van der Waals surface area contributed by atoms with Gasteiger partial charge in [-0.1, -0.05) is 0 Å². The van der Waals surface area contributed by atoms with E-state index in [0.29, 0.717) is 18.5 Å². The molecular weight excluding hydrogens is 172 g/mol. The Morgan fingerprint density at radius 2 is 1.54 bits per heavy atom. The van der Waals surface area contributed by atoms with Crippen LogP contribution in [0.3, 0.4) is 0 Å². The van der Waals surface area contributed by atoms with Gasteiger partial charge in [0.2, 0.25) is 0 Å². The van der Waals surface area contributed by atoms with Crippen molar-refractivity contribution >= 4 is 0 Å². The van der Waals surface area contributed by atoms with Crippen LogP contribution in [-0.4, -0.2) is 6.54 Å². The molecule has 0 aliphatic rings. The molecule has 1 aromatic carbocycles. The zero-order valence-electron chi connectivity index (χ0n) is 7.39. The number of benzene rings is 1. The summed E-state index contributed by atoms with van der Waals surface area (Å²) in [6.45, 7) is 6.41. The molecule has 0 aliphatic heterocycles. The SMILES string of the molecule is C=C.NCCc1cc(F)cc(F)c1. The van der Waals surface area contributed by atoms with E-state index < -0.39 is 11.6 Å². The minimum Gasteiger partial charge on any atom is -0.330 e. The number of halogens is 2. The first-order valence-electron chi connectivity index (χ1n) is 3.87. The maximum Gasteiger partial charge on any atom is 0.126 e. The molecule has 0 saturated carbocycles. The quantitative estimate of drug-likeness (QED) is 0.703. The van der Waals surface area contributed by atoms with Gasteiger partial charge in [-0.15, -0.1) is 13.2 Å². The van der Waals surface area contributed by atoms with Crippen LogP contribution >= 0.6 is 0 Å². The van der Waals surface area contributed by atoms with Crippen molar-refractivity contribution in [3.63, 3.8) is 0 Å². The molecule has 0 heterocycles. The molecule has 0 aliphatic carbocycles. The van der Waals surface area contributed by atoms with Crippen molar-refractivity contribution in [2.24, 2.45) is 5.73 Å². The first-order valence-corrected chi connectivity index (χ1v) is 3.87. The molecule has 2 N–H and O–H groups in total. The summed E-state index contributed by atoms with van der Waals surface area (Å²) < 4.78 is 24.9. The summed E-state index contributed by atoms with van der Waals surface area (Å²) in [4.78, 5) is 0. The maximum absolute atomic E-state index is 12.5. The van der Waals surface area contributed by atoms with Crippen LogP contribution in [0.5, 0.6) is 0 Å². The van der Waals surface area contributed by atoms with Crippen LogP contribution in [0.25, 0.3) is 0 Å². The summed E-state index contributed by atoms with van der Waals surface area (Å²) in [6.07, 6.45) is 0.509. The van der Waals surface area contributed by atoms with Crippen molar-refractivity contribution in [2.45, 2.75) is 6.42 Å². The molecule has 0 radical (unpaired) electrons. The average Bonchev–Trinajstić information content (AvgIpc) is 2.06. The predicted molar refractivity (Wildman–Crippen MR) is 50.4 cm³/mol. The Balaban J connectivity index is 0.000000671. The fourth-order valence-corrected chi connectivity index (χ4v) is 0.922. The minimum absolute atomic E-state index is 0.406. The first-order chi connectivity index (χ1) is 6.22. The van der Waals surface area contributed by atoms with E-state index in [1.165, 1.54) is 12.1 Å². The van der Waals surface area contributed by atoms with E-state index in [0.717, 1.165) is 6.07 Å². The van der Waals surface area contributed by atoms with Crippen LogP contribution in [-0.2, 0) is 6.42 Å². The Bertz CT molecular complexity index is 241. The topological polar surface area (TPSA) is 26.0 Å². The molecule has 1 rings (SSSR count). The molecule has 0 bridgehead atoms. The Kier molecular flexibility index (Phi) is 5.72. The third-order valence-corrected chi connectivity index (χ3v) is 1.36. The Labute approximate surface area is 76.9 Å². The van der Waals surface area contributed by atoms with Gasteiger partial charge >= 0.3 is 0 Å². The second-order valence-electron chi connectivity index (χ2n) is 2.32. The van der Waals surface area contributed by atoms with E-state index in [1.54, 1.807) is 0 Å². The number of hydrogen-bond donors (Lipinski definition) is 1. The van der Waals surface area contributed by atoms with Crippen molar-refractivity contribution in [1.82, 2.24) is 0 Å². The van der Waals surface area contributed by atoms with Crippen LogP contribution in [0.2, 0.25) is 0 Å². The smallest absolute Gasteiger partial charge is 0.126 e. The molecule has 0 aromatic heterocycles. The lowest BCUT2D eigenvalue weighted by Crippen LogP contribution is -2.03. The van der Waals surface area contributed by atoms with Crippen LogP contribution in [0, 0.1) is 11.6 Å². The second kappa shape index (κ2) is 6.31. The van der Waals surface area contributed by atoms with E-state index >= 15 is 0 Å². The largest absolute Gasteiger partial charge is 0.330 e. The average molecular weight is 185 g/mol. The highest BCUT2D eigenvalue weighted by Crippen LogP contribution is 2.07. The van der Waals surface area contributed by atoms with E-state index in [4.69, 9.17) is 5.73 Å². The third kappa shape index (κ3) is 4.38. The van der Waals surface area contributed by atoms with Gasteiger partial charge in [0, 0.05) is 6.07 Å². The third-order valence-electron chi connectivity index (χ3n) is 1.36. The molecule has 13 heavy (non-hydrogen) atoms. The minimum atomic E-state index is -0.548. The summed E-state index contributed by atoms with van der Waals surface area (Å²) in [6, 6.07) is 3.42. The highest BCUT2D eigenvalue weighted by atomic mass is 19.1. The van der Waals surface area contributed by atoms with E-state index in [2.05, 4.69) is 13.2 Å². The standard InChI is InChI=1S/C8H9F2N.C2H4/c9-7-3-6(1-2-11)4-8(10)5-7;1-2/h3-5H,1-2,11H2;1-2H2. The molecule has 1 nitrogen and oxygen atoms in total. The number of nitrogens with two attached hydrogens (primary N) is 1. The summed E-state index contributed by atoms with van der Waals surface area (Å²) in [5.74, 6) is -1.10. The molecule has 72 valence electrons. The summed E-state index contributed by atoms with van der Waals surface area (Å²) in [5.41, 5.74) is 5.82. The zero-order valence-corrected chi connectivity index (χ0v) is 7.39. The molecule has 1 aromatic rings. The van der Waals surface area contributed by atoms with Crippen molar-refractivity contribution in [1.29, 1.82) is 0 Å². The summed E-state index contributed by atoms with van der Waals surface area (Å²) in [7, 11) is 0. The lowest BCUT2D eigenvalue weighted by Gasteiger charge is -1.98. The molecule has 0 atom stereocenters. The zero-order chi connectivity index (χ0) is 10.3. The Morgan fingerprint density at radius 1 is 1.08 bits per heavy atom. The van der Waals surface area contributed by atoms with Crippen molar-refractivity contribution in [3.05, 3.63) is 48.6 Å². The fourth-order valence-electron chi connectivity index (χ4n) is 0.922. The van der Waals surface area contributed by atoms with Gasteiger partial charge in [-0.05, 0) is 30.7 Å². The molecule has 0 saturated heterocycles. The van der Waals surface area contributed by atoms with Crippen LogP contribution in [0.1, 0.15) is 5.56 Å². The fraction of sp³-hybridized carbons (Fsp3) is 0.200. The predicted octanol–water partition coefficient (Wildman–Crippen LogP) is 2.27. The lowest BCUT2D eigenvalue weighted by atomic mass is 10.1. The lowest BCUT2D eigenvalue weighted by molar-refractivity contribution is 0.579. The molecular formula is C10H13F2N. The van der Waals surface area contributed by atoms with Crippen LogP contribution < -0.4 is 5.73 Å². The van der Waals surface area contributed by atoms with Crippen molar-refractivity contribution in [2.75, 3.05) is 6.54 Å². The highest BCUT2D eigenvalue weighted by Gasteiger charge is 1.98. The van der Waals surface area contributed by atoms with Gasteiger partial charge in [-0.2, -0.15) is 0 Å². The van der Waals surface area contributed by atoms with Gasteiger partial charge < -0.3 is 5.73 Å². The van der Waals surface area contributed by atoms with Gasteiger partial charge in [0.25, 0.3) is 0 Å². The molecule has 0 fully saturated rings. The van der Waals surface area contributed by atoms with Gasteiger partial charge in [0.15, 0.2) is 0 Å². The normalized spacial score (nSPS) is 8.85. The molecule has 0 spiro atoms. The Morgan fingerprint density at radius 3 is 1.92 bits per heavy atom. The van der Waals surface area contributed by atoms with Crippen molar-refractivity contribution in [3.8, 4) is 0 Å². The van der Waals surface area contributed by atoms with E-state index in [-0.39, 0.29) is 0 Å². The molecule has 3 heteroatoms. The summed E-state index contributed by atoms with van der Waals surface area (Å²) >= 11 is 0. The number of rotatable bonds is 2. The second-order valence-corrected chi connectivity index (χ2v) is 2.32. The summed E-state index contributed by atoms with van der Waals surface area (Å²) in [5, 5.41) is 0. The van der Waals surface area contributed by atoms with Gasteiger partial charge in [-0.3, -0.25) is 0 Å². The first kappa shape index (κ1) is 11.8. The van der Waals surface area contributed by atoms with Gasteiger partial charge in [0.1, 0.15) is 11.6 Å². The van der Waals surface area contributed by atoms with Crippen LogP contribution in [0.15, 0.2) is 31.4 Å².